The Balaban J connectivity index is -0.000000219. The van der Waals surface area contributed by atoms with Gasteiger partial charge in [0.25, 0.3) is 0 Å². The maximum Gasteiger partial charge on any atom is 0.507 e. The molecular weight excluding hydrogens is 313 g/mol. The van der Waals surface area contributed by atoms with E-state index in [-0.39, 0.29) is 0 Å². The lowest BCUT2D eigenvalue weighted by atomic mass is 10.2. The Morgan fingerprint density at radius 1 is 1.16 bits per heavy atom. The number of hydrogen-bond acceptors (Lipinski definition) is 5. The first-order valence-electron chi connectivity index (χ1n) is 4.40. The Kier molecular flexibility index (Phi) is 14.2. The second-order valence-electron chi connectivity index (χ2n) is 2.86. The van der Waals surface area contributed by atoms with Crippen molar-refractivity contribution in [3.05, 3.63) is 0 Å². The van der Waals surface area contributed by atoms with Crippen LogP contribution in [0.3, 0.4) is 0 Å². The number of carboxylic acids is 1. The molecule has 14 heteroatoms. The molecule has 0 saturated heterocycles. The molecule has 11 nitrogen and oxygen atoms in total. The molecule has 0 bridgehead atoms. The van der Waals surface area contributed by atoms with Crippen LogP contribution in [0.2, 0.25) is 0 Å². The first-order chi connectivity index (χ1) is 8.18. The highest BCUT2D eigenvalue weighted by Crippen LogP contribution is 2.35. The number of halogens is 1. The topological polar surface area (TPSA) is 225 Å². The van der Waals surface area contributed by atoms with Gasteiger partial charge in [0.1, 0.15) is 6.04 Å². The van der Waals surface area contributed by atoms with Crippen LogP contribution in [0.1, 0.15) is 12.8 Å². The molecule has 0 aliphatic carbocycles. The zero-order valence-corrected chi connectivity index (χ0v) is 11.3. The fourth-order valence-corrected chi connectivity index (χ4v) is 0.461. The van der Waals surface area contributed by atoms with Crippen molar-refractivity contribution in [1.82, 2.24) is 0 Å². The van der Waals surface area contributed by atoms with Gasteiger partial charge in [-0.1, -0.05) is 0 Å². The minimum absolute atomic E-state index is 0.464. The van der Waals surface area contributed by atoms with Gasteiger partial charge in [-0.2, -0.15) is 0 Å². The van der Waals surface area contributed by atoms with Gasteiger partial charge in [-0.3, -0.25) is 14.6 Å². The van der Waals surface area contributed by atoms with Crippen molar-refractivity contribution in [1.29, 1.82) is 0 Å². The van der Waals surface area contributed by atoms with Crippen LogP contribution in [0.5, 0.6) is 0 Å². The normalized spacial score (nSPS) is 12.4. The molecule has 0 aromatic heterocycles. The van der Waals surface area contributed by atoms with Crippen molar-refractivity contribution in [2.24, 2.45) is 11.5 Å². The van der Waals surface area contributed by atoms with Crippen LogP contribution in [0, 0.1) is 0 Å². The van der Waals surface area contributed by atoms with Crippen LogP contribution in [0.15, 0.2) is 0 Å². The highest BCUT2D eigenvalue weighted by Gasteiger charge is 2.08. The van der Waals surface area contributed by atoms with Crippen LogP contribution in [-0.4, -0.2) is 48.1 Å². The Morgan fingerprint density at radius 2 is 1.42 bits per heavy atom. The van der Waals surface area contributed by atoms with Crippen molar-refractivity contribution in [3.63, 3.8) is 0 Å². The highest BCUT2D eigenvalue weighted by molar-refractivity contribution is 7.45. The fourth-order valence-electron chi connectivity index (χ4n) is 0.461. The smallest absolute Gasteiger partial charge is 0.480 e. The summed E-state index contributed by atoms with van der Waals surface area (Å²) < 4.78 is 27.9. The zero-order valence-electron chi connectivity index (χ0n) is 9.53. The molecule has 0 saturated carbocycles. The molecule has 0 spiro atoms. The number of hydrogen-bond donors (Lipinski definition) is 8. The van der Waals surface area contributed by atoms with Crippen LogP contribution in [0.4, 0.5) is 4.20 Å². The van der Waals surface area contributed by atoms with E-state index in [0.717, 1.165) is 0 Å². The fraction of sp³-hybridized carbons (Fsp3) is 0.800. The van der Waals surface area contributed by atoms with Crippen LogP contribution in [-0.2, 0) is 13.9 Å². The molecule has 19 heavy (non-hydrogen) atoms. The summed E-state index contributed by atoms with van der Waals surface area (Å²) in [6, 6.07) is -0.742. The molecule has 1 unspecified atom stereocenters. The van der Waals surface area contributed by atoms with Crippen molar-refractivity contribution in [2.45, 2.75) is 18.9 Å². The largest absolute Gasteiger partial charge is 0.507 e. The lowest BCUT2D eigenvalue weighted by molar-refractivity contribution is -0.138. The monoisotopic (exact) mass is 330 g/mol. The van der Waals surface area contributed by atoms with E-state index in [1.807, 2.05) is 0 Å². The van der Waals surface area contributed by atoms with E-state index in [9.17, 15) is 8.99 Å². The van der Waals surface area contributed by atoms with E-state index in [1.165, 1.54) is 0 Å². The number of phosphoric acid groups is 1. The van der Waals surface area contributed by atoms with Gasteiger partial charge >= 0.3 is 21.7 Å². The standard InChI is InChI=1S/C5H12N2O2.FH2O3P.H3O4P/c6-3-1-2-4(7)5(8)9;2*1-5(2,3)4/h4H,1-3,6-7H2,(H,8,9);(H2,2,3,4);(H3,1,2,3,4). The lowest BCUT2D eigenvalue weighted by Crippen LogP contribution is -2.30. The maximum atomic E-state index is 10.4. The Hall–Kier alpha value is -0.420. The molecule has 0 aromatic rings. The van der Waals surface area contributed by atoms with Gasteiger partial charge in [0.15, 0.2) is 0 Å². The van der Waals surface area contributed by atoms with Crippen LogP contribution >= 0.6 is 15.7 Å². The Labute approximate surface area is 107 Å². The van der Waals surface area contributed by atoms with Crippen molar-refractivity contribution in [3.8, 4) is 0 Å². The summed E-state index contributed by atoms with van der Waals surface area (Å²) >= 11 is 0. The molecule has 118 valence electrons. The summed E-state index contributed by atoms with van der Waals surface area (Å²) in [6.07, 6.45) is 1.14. The van der Waals surface area contributed by atoms with E-state index in [4.69, 9.17) is 50.2 Å². The zero-order chi connectivity index (χ0) is 16.3. The van der Waals surface area contributed by atoms with E-state index < -0.39 is 27.7 Å². The second kappa shape index (κ2) is 11.4. The number of nitrogens with two attached hydrogens (primary N) is 2. The molecule has 0 fully saturated rings. The van der Waals surface area contributed by atoms with Gasteiger partial charge in [0.2, 0.25) is 0 Å². The van der Waals surface area contributed by atoms with E-state index in [2.05, 4.69) is 0 Å². The molecule has 1 atom stereocenters. The summed E-state index contributed by atoms with van der Waals surface area (Å²) in [5, 5.41) is 8.24. The third-order valence-corrected chi connectivity index (χ3v) is 1.04. The summed E-state index contributed by atoms with van der Waals surface area (Å²) in [6.45, 7) is 0.501. The molecule has 0 aliphatic heterocycles. The van der Waals surface area contributed by atoms with Gasteiger partial charge in [0, 0.05) is 0 Å². The van der Waals surface area contributed by atoms with Crippen molar-refractivity contribution in [2.75, 3.05) is 6.54 Å². The molecule has 0 amide bonds. The van der Waals surface area contributed by atoms with Crippen LogP contribution < -0.4 is 11.5 Å². The van der Waals surface area contributed by atoms with E-state index in [1.54, 1.807) is 0 Å². The minimum atomic E-state index is -5.14. The summed E-state index contributed by atoms with van der Waals surface area (Å²) in [5.74, 6) is -0.955. The number of carboxylic acid groups (broad SMARTS) is 1. The van der Waals surface area contributed by atoms with Gasteiger partial charge in [-0.25, -0.2) is 9.13 Å². The Morgan fingerprint density at radius 3 is 1.58 bits per heavy atom. The summed E-state index contributed by atoms with van der Waals surface area (Å²) in [7, 11) is -9.78. The molecule has 0 aliphatic rings. The van der Waals surface area contributed by atoms with Crippen molar-refractivity contribution < 1.29 is 47.7 Å². The first kappa shape index (κ1) is 23.7. The highest BCUT2D eigenvalue weighted by atomic mass is 31.2. The first-order valence-corrected chi connectivity index (χ1v) is 7.47. The van der Waals surface area contributed by atoms with Gasteiger partial charge in [0.05, 0.1) is 0 Å². The predicted molar refractivity (Wildman–Crippen MR) is 61.3 cm³/mol. The Bertz CT molecular complexity index is 292. The van der Waals surface area contributed by atoms with Crippen LogP contribution in [0.25, 0.3) is 0 Å². The molecule has 0 rings (SSSR count). The third kappa shape index (κ3) is 74.3. The van der Waals surface area contributed by atoms with E-state index in [0.29, 0.717) is 19.4 Å². The predicted octanol–water partition coefficient (Wildman–Crippen LogP) is -1.74. The van der Waals surface area contributed by atoms with E-state index >= 15 is 0 Å². The number of aliphatic carboxylic acids is 1. The quantitative estimate of drug-likeness (QED) is 0.270. The van der Waals surface area contributed by atoms with Gasteiger partial charge in [-0.15, -0.1) is 4.20 Å². The molecule has 0 heterocycles. The summed E-state index contributed by atoms with van der Waals surface area (Å²) in [4.78, 5) is 45.5. The molecule has 0 radical (unpaired) electrons. The molecular formula is C5H17FN2O9P2. The second-order valence-corrected chi connectivity index (χ2v) is 4.83. The minimum Gasteiger partial charge on any atom is -0.480 e. The average Bonchev–Trinajstić information content (AvgIpc) is 2.08. The third-order valence-electron chi connectivity index (χ3n) is 1.04. The van der Waals surface area contributed by atoms with Gasteiger partial charge in [-0.05, 0) is 19.4 Å². The van der Waals surface area contributed by atoms with Crippen molar-refractivity contribution >= 4 is 21.7 Å². The average molecular weight is 330 g/mol. The molecule has 10 N–H and O–H groups in total. The van der Waals surface area contributed by atoms with Gasteiger partial charge < -0.3 is 31.3 Å². The summed E-state index contributed by atoms with van der Waals surface area (Å²) in [5.41, 5.74) is 10.3. The molecule has 0 aromatic carbocycles. The SMILES string of the molecule is NCCCC(N)C(=O)O.O=P(O)(O)F.O=P(O)(O)O. The number of rotatable bonds is 4. The maximum absolute atomic E-state index is 10.4. The lowest BCUT2D eigenvalue weighted by Gasteiger charge is -2.02. The number of carbonyl (C=O) groups is 1.